The van der Waals surface area contributed by atoms with Gasteiger partial charge in [0, 0.05) is 5.69 Å². The second-order valence-corrected chi connectivity index (χ2v) is 7.95. The summed E-state index contributed by atoms with van der Waals surface area (Å²) in [5.41, 5.74) is 3.36. The second kappa shape index (κ2) is 8.34. The number of thioether (sulfide) groups is 1. The van der Waals surface area contributed by atoms with Crippen molar-refractivity contribution < 1.29 is 14.3 Å². The molecule has 0 spiro atoms. The van der Waals surface area contributed by atoms with E-state index in [-0.39, 0.29) is 5.91 Å². The van der Waals surface area contributed by atoms with Crippen LogP contribution in [0.3, 0.4) is 0 Å². The van der Waals surface area contributed by atoms with Gasteiger partial charge < -0.3 is 10.1 Å². The lowest BCUT2D eigenvalue weighted by molar-refractivity contribution is -0.115. The Balaban J connectivity index is 2.21. The lowest BCUT2D eigenvalue weighted by Gasteiger charge is -2.14. The fourth-order valence-corrected chi connectivity index (χ4v) is 4.26. The van der Waals surface area contributed by atoms with Gasteiger partial charge in [0.15, 0.2) is 0 Å². The number of nitrogens with zero attached hydrogens (tertiary/aromatic N) is 2. The number of amides is 1. The first-order chi connectivity index (χ1) is 12.3. The fourth-order valence-electron chi connectivity index (χ4n) is 2.31. The minimum Gasteiger partial charge on any atom is -0.465 e. The highest BCUT2D eigenvalue weighted by atomic mass is 32.2. The van der Waals surface area contributed by atoms with Crippen LogP contribution in [-0.2, 0) is 9.53 Å². The molecular weight excluding hydrogens is 370 g/mol. The predicted octanol–water partition coefficient (Wildman–Crippen LogP) is 3.85. The topological polar surface area (TPSA) is 92.1 Å². The molecule has 1 N–H and O–H groups in total. The van der Waals surface area contributed by atoms with Crippen LogP contribution in [0.25, 0.3) is 0 Å². The van der Waals surface area contributed by atoms with Crippen LogP contribution in [-0.4, -0.2) is 29.2 Å². The Morgan fingerprint density at radius 1 is 1.35 bits per heavy atom. The van der Waals surface area contributed by atoms with E-state index in [0.717, 1.165) is 16.8 Å². The number of anilines is 1. The van der Waals surface area contributed by atoms with E-state index in [1.54, 1.807) is 12.3 Å². The summed E-state index contributed by atoms with van der Waals surface area (Å²) in [5, 5.41) is 14.0. The van der Waals surface area contributed by atoms with Crippen LogP contribution in [0.4, 0.5) is 5.69 Å². The molecule has 2 rings (SSSR count). The van der Waals surface area contributed by atoms with Crippen molar-refractivity contribution in [1.82, 2.24) is 4.98 Å². The third-order valence-electron chi connectivity index (χ3n) is 3.67. The van der Waals surface area contributed by atoms with Crippen LogP contribution in [0, 0.1) is 32.1 Å². The monoisotopic (exact) mass is 389 g/mol. The molecular formula is C18H19N3O3S2. The fraction of sp³-hybridized carbons (Fsp3) is 0.333. The van der Waals surface area contributed by atoms with Crippen molar-refractivity contribution in [1.29, 1.82) is 5.26 Å². The van der Waals surface area contributed by atoms with Gasteiger partial charge in [-0.05, 0) is 50.3 Å². The van der Waals surface area contributed by atoms with E-state index < -0.39 is 11.2 Å². The van der Waals surface area contributed by atoms with E-state index in [2.05, 4.69) is 16.4 Å². The van der Waals surface area contributed by atoms with Crippen molar-refractivity contribution in [3.8, 4) is 6.07 Å². The molecule has 6 nitrogen and oxygen atoms in total. The Kier molecular flexibility index (Phi) is 6.40. The molecule has 0 aromatic carbocycles. The molecule has 0 radical (unpaired) electrons. The molecule has 0 fully saturated rings. The molecule has 1 amide bonds. The molecule has 0 saturated heterocycles. The van der Waals surface area contributed by atoms with Gasteiger partial charge >= 0.3 is 5.97 Å². The number of ether oxygens (including phenoxy) is 1. The predicted molar refractivity (Wildman–Crippen MR) is 103 cm³/mol. The SMILES string of the molecule is COC(=O)c1scc(C)c1NC(=O)C(C)Sc1nc(C)cc(C)c1C#N. The van der Waals surface area contributed by atoms with Crippen molar-refractivity contribution in [2.24, 2.45) is 0 Å². The Hall–Kier alpha value is -2.37. The number of aromatic nitrogens is 1. The maximum atomic E-state index is 12.6. The summed E-state index contributed by atoms with van der Waals surface area (Å²) in [5.74, 6) is -0.757. The molecule has 2 heterocycles. The summed E-state index contributed by atoms with van der Waals surface area (Å²) in [6.45, 7) is 7.25. The minimum atomic E-state index is -0.499. The molecule has 0 aliphatic heterocycles. The summed E-state index contributed by atoms with van der Waals surface area (Å²) in [4.78, 5) is 29.2. The van der Waals surface area contributed by atoms with E-state index in [1.165, 1.54) is 30.2 Å². The summed E-state index contributed by atoms with van der Waals surface area (Å²) in [7, 11) is 1.30. The van der Waals surface area contributed by atoms with Crippen LogP contribution < -0.4 is 5.32 Å². The second-order valence-electron chi connectivity index (χ2n) is 5.74. The van der Waals surface area contributed by atoms with Crippen molar-refractivity contribution in [3.63, 3.8) is 0 Å². The Bertz CT molecular complexity index is 900. The van der Waals surface area contributed by atoms with E-state index >= 15 is 0 Å². The molecule has 0 saturated carbocycles. The summed E-state index contributed by atoms with van der Waals surface area (Å²) in [6.07, 6.45) is 0. The van der Waals surface area contributed by atoms with Gasteiger partial charge in [0.2, 0.25) is 5.91 Å². The van der Waals surface area contributed by atoms with Crippen molar-refractivity contribution >= 4 is 40.7 Å². The highest BCUT2D eigenvalue weighted by Gasteiger charge is 2.23. The molecule has 0 aliphatic carbocycles. The van der Waals surface area contributed by atoms with Gasteiger partial charge in [0.25, 0.3) is 0 Å². The summed E-state index contributed by atoms with van der Waals surface area (Å²) in [6, 6.07) is 3.99. The standard InChI is InChI=1S/C18H19N3O3S2/c1-9-6-11(3)20-17(13(9)7-19)26-12(4)16(22)21-14-10(2)8-25-15(14)18(23)24-5/h6,8,12H,1-5H3,(H,21,22). The largest absolute Gasteiger partial charge is 0.465 e. The Morgan fingerprint density at radius 3 is 2.65 bits per heavy atom. The van der Waals surface area contributed by atoms with Crippen LogP contribution >= 0.6 is 23.1 Å². The third kappa shape index (κ3) is 4.23. The molecule has 26 heavy (non-hydrogen) atoms. The molecule has 0 aliphatic rings. The molecule has 136 valence electrons. The highest BCUT2D eigenvalue weighted by Crippen LogP contribution is 2.31. The van der Waals surface area contributed by atoms with Crippen LogP contribution in [0.2, 0.25) is 0 Å². The van der Waals surface area contributed by atoms with Crippen LogP contribution in [0.15, 0.2) is 16.5 Å². The van der Waals surface area contributed by atoms with Gasteiger partial charge in [0.05, 0.1) is 23.6 Å². The molecule has 0 bridgehead atoms. The lowest BCUT2D eigenvalue weighted by Crippen LogP contribution is -2.24. The number of hydrogen-bond acceptors (Lipinski definition) is 7. The number of rotatable bonds is 5. The average molecular weight is 390 g/mol. The van der Waals surface area contributed by atoms with Crippen LogP contribution in [0.5, 0.6) is 0 Å². The number of aryl methyl sites for hydroxylation is 3. The number of thiophene rings is 1. The van der Waals surface area contributed by atoms with Crippen molar-refractivity contribution in [2.75, 3.05) is 12.4 Å². The minimum absolute atomic E-state index is 0.272. The van der Waals surface area contributed by atoms with Gasteiger partial charge in [-0.15, -0.1) is 11.3 Å². The molecule has 1 atom stereocenters. The number of esters is 1. The van der Waals surface area contributed by atoms with Crippen molar-refractivity contribution in [2.45, 2.75) is 38.0 Å². The van der Waals surface area contributed by atoms with E-state index in [0.29, 0.717) is 21.2 Å². The molecule has 2 aromatic rings. The van der Waals surface area contributed by atoms with Gasteiger partial charge in [-0.3, -0.25) is 4.79 Å². The summed E-state index contributed by atoms with van der Waals surface area (Å²) < 4.78 is 4.75. The number of nitriles is 1. The Labute approximate surface area is 160 Å². The van der Waals surface area contributed by atoms with Gasteiger partial charge in [-0.2, -0.15) is 5.26 Å². The average Bonchev–Trinajstić information content (AvgIpc) is 2.94. The number of carbonyl (C=O) groups excluding carboxylic acids is 2. The Morgan fingerprint density at radius 2 is 2.04 bits per heavy atom. The maximum absolute atomic E-state index is 12.6. The highest BCUT2D eigenvalue weighted by molar-refractivity contribution is 8.00. The number of methoxy groups -OCH3 is 1. The van der Waals surface area contributed by atoms with Gasteiger partial charge in [-0.1, -0.05) is 11.8 Å². The lowest BCUT2D eigenvalue weighted by atomic mass is 10.1. The normalized spacial score (nSPS) is 11.5. The molecule has 8 heteroatoms. The zero-order valence-electron chi connectivity index (χ0n) is 15.2. The zero-order chi connectivity index (χ0) is 19.4. The number of hydrogen-bond donors (Lipinski definition) is 1. The summed E-state index contributed by atoms with van der Waals surface area (Å²) >= 11 is 2.45. The van der Waals surface area contributed by atoms with Crippen molar-refractivity contribution in [3.05, 3.63) is 38.7 Å². The van der Waals surface area contributed by atoms with E-state index in [4.69, 9.17) is 4.74 Å². The quantitative estimate of drug-likeness (QED) is 0.617. The van der Waals surface area contributed by atoms with E-state index in [9.17, 15) is 14.9 Å². The first-order valence-corrected chi connectivity index (χ1v) is 9.56. The molecule has 2 aromatic heterocycles. The number of carbonyl (C=O) groups is 2. The van der Waals surface area contributed by atoms with Crippen LogP contribution in [0.1, 0.15) is 39.0 Å². The van der Waals surface area contributed by atoms with Gasteiger partial charge in [0.1, 0.15) is 16.0 Å². The number of nitrogens with one attached hydrogen (secondary N) is 1. The third-order valence-corrected chi connectivity index (χ3v) is 5.84. The first-order valence-electron chi connectivity index (χ1n) is 7.80. The zero-order valence-corrected chi connectivity index (χ0v) is 16.8. The first kappa shape index (κ1) is 19.9. The number of pyridine rings is 1. The smallest absolute Gasteiger partial charge is 0.350 e. The van der Waals surface area contributed by atoms with Gasteiger partial charge in [-0.25, -0.2) is 9.78 Å². The van der Waals surface area contributed by atoms with E-state index in [1.807, 2.05) is 26.8 Å². The molecule has 1 unspecified atom stereocenters. The maximum Gasteiger partial charge on any atom is 0.350 e.